The first-order valence-electron chi connectivity index (χ1n) is 11.9. The summed E-state index contributed by atoms with van der Waals surface area (Å²) >= 11 is 0. The summed E-state index contributed by atoms with van der Waals surface area (Å²) in [4.78, 5) is 15.1. The van der Waals surface area contributed by atoms with E-state index in [4.69, 9.17) is 9.97 Å². The second-order valence-electron chi connectivity index (χ2n) is 9.18. The van der Waals surface area contributed by atoms with Gasteiger partial charge in [-0.25, -0.2) is 4.98 Å². The van der Waals surface area contributed by atoms with Crippen molar-refractivity contribution in [2.45, 2.75) is 76.3 Å². The van der Waals surface area contributed by atoms with E-state index in [9.17, 15) is 0 Å². The summed E-state index contributed by atoms with van der Waals surface area (Å²) in [6.07, 6.45) is 13.6. The van der Waals surface area contributed by atoms with Gasteiger partial charge in [0.05, 0.1) is 5.52 Å². The highest BCUT2D eigenvalue weighted by atomic mass is 15.3. The minimum Gasteiger partial charge on any atom is -0.367 e. The van der Waals surface area contributed by atoms with E-state index in [2.05, 4.69) is 39.4 Å². The summed E-state index contributed by atoms with van der Waals surface area (Å²) < 4.78 is 0. The molecule has 5 rings (SSSR count). The molecule has 5 nitrogen and oxygen atoms in total. The number of nitrogens with one attached hydrogen (secondary N) is 1. The zero-order valence-corrected chi connectivity index (χ0v) is 17.7. The summed E-state index contributed by atoms with van der Waals surface area (Å²) in [5.41, 5.74) is 1.06. The number of anilines is 2. The van der Waals surface area contributed by atoms with Crippen molar-refractivity contribution in [1.82, 2.24) is 14.9 Å². The van der Waals surface area contributed by atoms with Crippen molar-refractivity contribution in [3.8, 4) is 0 Å². The van der Waals surface area contributed by atoms with Gasteiger partial charge in [-0.15, -0.1) is 0 Å². The molecule has 29 heavy (non-hydrogen) atoms. The fraction of sp³-hybridized carbons (Fsp3) is 0.667. The van der Waals surface area contributed by atoms with Crippen LogP contribution in [0, 0.1) is 0 Å². The predicted octanol–water partition coefficient (Wildman–Crippen LogP) is 4.83. The van der Waals surface area contributed by atoms with Crippen molar-refractivity contribution in [3.05, 3.63) is 24.3 Å². The number of hydrogen-bond acceptors (Lipinski definition) is 5. The molecule has 1 N–H and O–H groups in total. The van der Waals surface area contributed by atoms with Crippen LogP contribution >= 0.6 is 0 Å². The van der Waals surface area contributed by atoms with Gasteiger partial charge < -0.3 is 10.2 Å². The SMILES string of the molecule is c1ccc2c(NC3CCCCC3)nc(N3CCN(C4CCCCC4)CC3)nc2c1. The Morgan fingerprint density at radius 2 is 1.45 bits per heavy atom. The first-order valence-corrected chi connectivity index (χ1v) is 11.9. The Morgan fingerprint density at radius 3 is 2.21 bits per heavy atom. The lowest BCUT2D eigenvalue weighted by molar-refractivity contribution is 0.147. The maximum atomic E-state index is 5.04. The van der Waals surface area contributed by atoms with Crippen LogP contribution in [-0.4, -0.2) is 53.1 Å². The van der Waals surface area contributed by atoms with Gasteiger partial charge in [-0.2, -0.15) is 4.98 Å². The first-order chi connectivity index (χ1) is 14.4. The first kappa shape index (κ1) is 19.1. The van der Waals surface area contributed by atoms with E-state index in [0.29, 0.717) is 6.04 Å². The fourth-order valence-corrected chi connectivity index (χ4v) is 5.49. The Hall–Kier alpha value is -1.88. The molecule has 0 amide bonds. The van der Waals surface area contributed by atoms with Gasteiger partial charge in [-0.05, 0) is 37.8 Å². The van der Waals surface area contributed by atoms with E-state index in [-0.39, 0.29) is 0 Å². The minimum absolute atomic E-state index is 0.554. The number of para-hydroxylation sites is 1. The zero-order chi connectivity index (χ0) is 19.5. The maximum Gasteiger partial charge on any atom is 0.227 e. The van der Waals surface area contributed by atoms with Crippen LogP contribution in [0.5, 0.6) is 0 Å². The third kappa shape index (κ3) is 4.35. The van der Waals surface area contributed by atoms with Gasteiger partial charge in [0.1, 0.15) is 5.82 Å². The second-order valence-corrected chi connectivity index (χ2v) is 9.18. The molecule has 2 aromatic rings. The van der Waals surface area contributed by atoms with E-state index in [0.717, 1.165) is 54.9 Å². The van der Waals surface area contributed by atoms with E-state index >= 15 is 0 Å². The lowest BCUT2D eigenvalue weighted by atomic mass is 9.94. The lowest BCUT2D eigenvalue weighted by Crippen LogP contribution is -2.51. The normalized spacial score (nSPS) is 22.8. The summed E-state index contributed by atoms with van der Waals surface area (Å²) in [5, 5.41) is 4.93. The summed E-state index contributed by atoms with van der Waals surface area (Å²) in [6.45, 7) is 4.37. The van der Waals surface area contributed by atoms with Gasteiger partial charge in [0.25, 0.3) is 0 Å². The molecule has 3 aliphatic rings. The Bertz CT molecular complexity index is 802. The zero-order valence-electron chi connectivity index (χ0n) is 17.7. The lowest BCUT2D eigenvalue weighted by Gasteiger charge is -2.40. The van der Waals surface area contributed by atoms with Gasteiger partial charge in [0.2, 0.25) is 5.95 Å². The van der Waals surface area contributed by atoms with Crippen molar-refractivity contribution in [3.63, 3.8) is 0 Å². The van der Waals surface area contributed by atoms with Crippen LogP contribution in [0.2, 0.25) is 0 Å². The smallest absolute Gasteiger partial charge is 0.227 e. The van der Waals surface area contributed by atoms with Gasteiger partial charge in [0, 0.05) is 43.6 Å². The number of nitrogens with zero attached hydrogens (tertiary/aromatic N) is 4. The molecule has 0 spiro atoms. The van der Waals surface area contributed by atoms with E-state index in [1.54, 1.807) is 0 Å². The second kappa shape index (κ2) is 8.86. The summed E-state index contributed by atoms with van der Waals surface area (Å²) in [5.74, 6) is 1.94. The van der Waals surface area contributed by atoms with Crippen LogP contribution < -0.4 is 10.2 Å². The van der Waals surface area contributed by atoms with E-state index in [1.165, 1.54) is 64.2 Å². The molecule has 1 aromatic heterocycles. The molecule has 3 fully saturated rings. The van der Waals surface area contributed by atoms with Crippen LogP contribution in [0.1, 0.15) is 64.2 Å². The monoisotopic (exact) mass is 393 g/mol. The van der Waals surface area contributed by atoms with Gasteiger partial charge in [-0.1, -0.05) is 50.7 Å². The minimum atomic E-state index is 0.554. The average molecular weight is 394 g/mol. The predicted molar refractivity (Wildman–Crippen MR) is 121 cm³/mol. The number of rotatable bonds is 4. The molecular weight excluding hydrogens is 358 g/mol. The number of aromatic nitrogens is 2. The summed E-state index contributed by atoms with van der Waals surface area (Å²) in [6, 6.07) is 9.84. The quantitative estimate of drug-likeness (QED) is 0.806. The molecular formula is C24H35N5. The summed E-state index contributed by atoms with van der Waals surface area (Å²) in [7, 11) is 0. The maximum absolute atomic E-state index is 5.04. The van der Waals surface area contributed by atoms with Crippen LogP contribution in [0.15, 0.2) is 24.3 Å². The Balaban J connectivity index is 1.33. The standard InChI is InChI=1S/C24H35N5/c1-3-9-19(10-4-1)25-23-21-13-7-8-14-22(21)26-24(27-23)29-17-15-28(16-18-29)20-11-5-2-6-12-20/h7-8,13-14,19-20H,1-6,9-12,15-18H2,(H,25,26,27). The van der Waals surface area contributed by atoms with Gasteiger partial charge in [0.15, 0.2) is 0 Å². The van der Waals surface area contributed by atoms with E-state index < -0.39 is 0 Å². The highest BCUT2D eigenvalue weighted by Crippen LogP contribution is 2.29. The number of hydrogen-bond donors (Lipinski definition) is 1. The van der Waals surface area contributed by atoms with Crippen molar-refractivity contribution in [1.29, 1.82) is 0 Å². The molecule has 0 bridgehead atoms. The molecule has 0 atom stereocenters. The molecule has 0 unspecified atom stereocenters. The van der Waals surface area contributed by atoms with Gasteiger partial charge in [-0.3, -0.25) is 4.90 Å². The average Bonchev–Trinajstić information content (AvgIpc) is 2.80. The highest BCUT2D eigenvalue weighted by Gasteiger charge is 2.26. The molecule has 2 saturated carbocycles. The highest BCUT2D eigenvalue weighted by molar-refractivity contribution is 5.90. The molecule has 2 aliphatic carbocycles. The van der Waals surface area contributed by atoms with Crippen LogP contribution in [0.3, 0.4) is 0 Å². The molecule has 1 aromatic carbocycles. The molecule has 1 saturated heterocycles. The van der Waals surface area contributed by atoms with Gasteiger partial charge >= 0.3 is 0 Å². The third-order valence-electron chi connectivity index (χ3n) is 7.23. The number of fused-ring (bicyclic) bond motifs is 1. The van der Waals surface area contributed by atoms with Crippen molar-refractivity contribution in [2.24, 2.45) is 0 Å². The topological polar surface area (TPSA) is 44.3 Å². The number of benzene rings is 1. The molecule has 5 heteroatoms. The Morgan fingerprint density at radius 1 is 0.759 bits per heavy atom. The molecule has 0 radical (unpaired) electrons. The largest absolute Gasteiger partial charge is 0.367 e. The molecule has 2 heterocycles. The van der Waals surface area contributed by atoms with Crippen molar-refractivity contribution >= 4 is 22.7 Å². The fourth-order valence-electron chi connectivity index (χ4n) is 5.49. The van der Waals surface area contributed by atoms with Crippen molar-refractivity contribution < 1.29 is 0 Å². The van der Waals surface area contributed by atoms with Crippen molar-refractivity contribution in [2.75, 3.05) is 36.4 Å². The van der Waals surface area contributed by atoms with Crippen LogP contribution in [-0.2, 0) is 0 Å². The third-order valence-corrected chi connectivity index (χ3v) is 7.23. The Kier molecular flexibility index (Phi) is 5.84. The molecule has 156 valence electrons. The number of piperazine rings is 1. The van der Waals surface area contributed by atoms with Crippen LogP contribution in [0.4, 0.5) is 11.8 Å². The molecule has 1 aliphatic heterocycles. The van der Waals surface area contributed by atoms with E-state index in [1.807, 2.05) is 0 Å². The van der Waals surface area contributed by atoms with Crippen LogP contribution in [0.25, 0.3) is 10.9 Å². The Labute approximate surface area is 174 Å².